The number of aromatic amines is 1. The number of nitriles is 1. The summed E-state index contributed by atoms with van der Waals surface area (Å²) in [5, 5.41) is 8.96. The van der Waals surface area contributed by atoms with E-state index in [4.69, 9.17) is 10.00 Å². The SMILES string of the molecule is COc1c(C)cc(C)cc1-c1cc(C)c(C#N)c(=O)[nH]1. The molecule has 0 atom stereocenters. The Morgan fingerprint density at radius 1 is 1.15 bits per heavy atom. The van der Waals surface area contributed by atoms with E-state index in [1.165, 1.54) is 0 Å². The third kappa shape index (κ3) is 2.30. The summed E-state index contributed by atoms with van der Waals surface area (Å²) in [5.41, 5.74) is 4.02. The van der Waals surface area contributed by atoms with Crippen molar-refractivity contribution in [2.24, 2.45) is 0 Å². The first-order chi connectivity index (χ1) is 9.47. The summed E-state index contributed by atoms with van der Waals surface area (Å²) in [5.74, 6) is 0.732. The number of methoxy groups -OCH3 is 1. The predicted octanol–water partition coefficient (Wildman–Crippen LogP) is 2.85. The van der Waals surface area contributed by atoms with Crippen LogP contribution in [0.3, 0.4) is 0 Å². The van der Waals surface area contributed by atoms with Crippen molar-refractivity contribution >= 4 is 0 Å². The Morgan fingerprint density at radius 2 is 1.85 bits per heavy atom. The van der Waals surface area contributed by atoms with Crippen LogP contribution in [0.15, 0.2) is 23.0 Å². The lowest BCUT2D eigenvalue weighted by molar-refractivity contribution is 0.413. The van der Waals surface area contributed by atoms with Crippen LogP contribution in [0.5, 0.6) is 5.75 Å². The van der Waals surface area contributed by atoms with E-state index in [9.17, 15) is 4.79 Å². The molecule has 0 radical (unpaired) electrons. The predicted molar refractivity (Wildman–Crippen MR) is 78.0 cm³/mol. The summed E-state index contributed by atoms with van der Waals surface area (Å²) in [7, 11) is 1.61. The van der Waals surface area contributed by atoms with Gasteiger partial charge in [-0.25, -0.2) is 0 Å². The molecular weight excluding hydrogens is 252 g/mol. The van der Waals surface area contributed by atoms with Crippen molar-refractivity contribution < 1.29 is 4.74 Å². The number of rotatable bonds is 2. The standard InChI is InChI=1S/C16H16N2O2/c1-9-5-11(3)15(20-4)12(6-9)14-7-10(2)13(8-17)16(19)18-14/h5-7H,1-4H3,(H,18,19). The van der Waals surface area contributed by atoms with E-state index in [1.807, 2.05) is 32.0 Å². The number of pyridine rings is 1. The Labute approximate surface area is 117 Å². The first kappa shape index (κ1) is 13.9. The molecule has 0 aliphatic carbocycles. The van der Waals surface area contributed by atoms with E-state index in [0.29, 0.717) is 11.3 Å². The van der Waals surface area contributed by atoms with Gasteiger partial charge in [-0.3, -0.25) is 4.79 Å². The topological polar surface area (TPSA) is 65.9 Å². The molecule has 0 saturated heterocycles. The van der Waals surface area contributed by atoms with Gasteiger partial charge in [0, 0.05) is 5.56 Å². The molecule has 0 aliphatic rings. The van der Waals surface area contributed by atoms with Gasteiger partial charge in [0.2, 0.25) is 0 Å². The van der Waals surface area contributed by atoms with E-state index in [-0.39, 0.29) is 11.1 Å². The second-order valence-electron chi connectivity index (χ2n) is 4.84. The van der Waals surface area contributed by atoms with E-state index in [2.05, 4.69) is 4.98 Å². The van der Waals surface area contributed by atoms with Crippen LogP contribution in [0.25, 0.3) is 11.3 Å². The van der Waals surface area contributed by atoms with Gasteiger partial charge < -0.3 is 9.72 Å². The zero-order chi connectivity index (χ0) is 14.9. The van der Waals surface area contributed by atoms with Crippen molar-refractivity contribution in [3.05, 3.63) is 50.8 Å². The van der Waals surface area contributed by atoms with Crippen LogP contribution in [0.1, 0.15) is 22.3 Å². The van der Waals surface area contributed by atoms with Crippen LogP contribution >= 0.6 is 0 Å². The molecule has 2 rings (SSSR count). The van der Waals surface area contributed by atoms with E-state index in [0.717, 1.165) is 22.4 Å². The number of aromatic nitrogens is 1. The zero-order valence-corrected chi connectivity index (χ0v) is 12.0. The fourth-order valence-electron chi connectivity index (χ4n) is 2.40. The monoisotopic (exact) mass is 268 g/mol. The molecule has 0 unspecified atom stereocenters. The van der Waals surface area contributed by atoms with Crippen LogP contribution in [0.2, 0.25) is 0 Å². The average molecular weight is 268 g/mol. The summed E-state index contributed by atoms with van der Waals surface area (Å²) in [4.78, 5) is 14.7. The van der Waals surface area contributed by atoms with Crippen molar-refractivity contribution in [2.45, 2.75) is 20.8 Å². The highest BCUT2D eigenvalue weighted by molar-refractivity contribution is 5.71. The Hall–Kier alpha value is -2.54. The molecule has 0 fully saturated rings. The molecule has 1 heterocycles. The molecule has 0 spiro atoms. The third-order valence-corrected chi connectivity index (χ3v) is 3.26. The molecular formula is C16H16N2O2. The number of aryl methyl sites for hydroxylation is 3. The minimum Gasteiger partial charge on any atom is -0.496 e. The molecule has 20 heavy (non-hydrogen) atoms. The Kier molecular flexibility index (Phi) is 3.62. The molecule has 102 valence electrons. The molecule has 0 aliphatic heterocycles. The zero-order valence-electron chi connectivity index (χ0n) is 12.0. The number of benzene rings is 1. The number of hydrogen-bond donors (Lipinski definition) is 1. The van der Waals surface area contributed by atoms with Gasteiger partial charge in [0.15, 0.2) is 0 Å². The average Bonchev–Trinajstić information content (AvgIpc) is 2.37. The molecule has 1 aromatic carbocycles. The molecule has 4 nitrogen and oxygen atoms in total. The van der Waals surface area contributed by atoms with E-state index >= 15 is 0 Å². The highest BCUT2D eigenvalue weighted by Crippen LogP contribution is 2.33. The smallest absolute Gasteiger partial charge is 0.266 e. The van der Waals surface area contributed by atoms with Crippen molar-refractivity contribution in [2.75, 3.05) is 7.11 Å². The first-order valence-corrected chi connectivity index (χ1v) is 6.27. The largest absolute Gasteiger partial charge is 0.496 e. The lowest BCUT2D eigenvalue weighted by Crippen LogP contribution is -2.13. The number of hydrogen-bond acceptors (Lipinski definition) is 3. The fourth-order valence-corrected chi connectivity index (χ4v) is 2.40. The Morgan fingerprint density at radius 3 is 2.40 bits per heavy atom. The second-order valence-corrected chi connectivity index (χ2v) is 4.84. The third-order valence-electron chi connectivity index (χ3n) is 3.26. The maximum absolute atomic E-state index is 11.9. The summed E-state index contributed by atoms with van der Waals surface area (Å²) in [6.07, 6.45) is 0. The number of ether oxygens (including phenoxy) is 1. The first-order valence-electron chi connectivity index (χ1n) is 6.27. The number of nitrogens with zero attached hydrogens (tertiary/aromatic N) is 1. The van der Waals surface area contributed by atoms with Crippen LogP contribution in [-0.4, -0.2) is 12.1 Å². The van der Waals surface area contributed by atoms with Crippen LogP contribution in [-0.2, 0) is 0 Å². The van der Waals surface area contributed by atoms with E-state index < -0.39 is 0 Å². The minimum absolute atomic E-state index is 0.150. The minimum atomic E-state index is -0.372. The van der Waals surface area contributed by atoms with Crippen LogP contribution in [0, 0.1) is 32.1 Å². The van der Waals surface area contributed by atoms with Crippen LogP contribution < -0.4 is 10.3 Å². The molecule has 4 heteroatoms. The summed E-state index contributed by atoms with van der Waals surface area (Å²) in [6.45, 7) is 5.71. The van der Waals surface area contributed by atoms with Crippen molar-refractivity contribution in [3.63, 3.8) is 0 Å². The molecule has 0 saturated carbocycles. The maximum atomic E-state index is 11.9. The molecule has 2 aromatic rings. The van der Waals surface area contributed by atoms with Crippen LogP contribution in [0.4, 0.5) is 0 Å². The van der Waals surface area contributed by atoms with Gasteiger partial charge in [-0.2, -0.15) is 5.26 Å². The van der Waals surface area contributed by atoms with Gasteiger partial charge in [0.25, 0.3) is 5.56 Å². The lowest BCUT2D eigenvalue weighted by atomic mass is 10.0. The van der Waals surface area contributed by atoms with E-state index in [1.54, 1.807) is 20.1 Å². The molecule has 0 amide bonds. The van der Waals surface area contributed by atoms with Crippen molar-refractivity contribution in [1.82, 2.24) is 4.98 Å². The van der Waals surface area contributed by atoms with Gasteiger partial charge in [0.05, 0.1) is 12.8 Å². The summed E-state index contributed by atoms with van der Waals surface area (Å²) >= 11 is 0. The highest BCUT2D eigenvalue weighted by atomic mass is 16.5. The number of nitrogens with one attached hydrogen (secondary N) is 1. The van der Waals surface area contributed by atoms with Crippen molar-refractivity contribution in [3.8, 4) is 23.1 Å². The van der Waals surface area contributed by atoms with Crippen molar-refractivity contribution in [1.29, 1.82) is 5.26 Å². The van der Waals surface area contributed by atoms with Gasteiger partial charge >= 0.3 is 0 Å². The maximum Gasteiger partial charge on any atom is 0.266 e. The molecule has 0 bridgehead atoms. The van der Waals surface area contributed by atoms with Gasteiger partial charge in [-0.1, -0.05) is 6.07 Å². The second kappa shape index (κ2) is 5.22. The normalized spacial score (nSPS) is 10.2. The quantitative estimate of drug-likeness (QED) is 0.910. The fraction of sp³-hybridized carbons (Fsp3) is 0.250. The highest BCUT2D eigenvalue weighted by Gasteiger charge is 2.13. The number of H-pyrrole nitrogens is 1. The molecule has 1 aromatic heterocycles. The summed E-state index contributed by atoms with van der Waals surface area (Å²) in [6, 6.07) is 7.71. The Balaban J connectivity index is 2.76. The van der Waals surface area contributed by atoms with Gasteiger partial charge in [-0.15, -0.1) is 0 Å². The molecule has 1 N–H and O–H groups in total. The Bertz CT molecular complexity index is 767. The van der Waals surface area contributed by atoms with Gasteiger partial charge in [-0.05, 0) is 49.6 Å². The summed E-state index contributed by atoms with van der Waals surface area (Å²) < 4.78 is 5.43. The lowest BCUT2D eigenvalue weighted by Gasteiger charge is -2.13. The van der Waals surface area contributed by atoms with Gasteiger partial charge in [0.1, 0.15) is 17.4 Å².